The summed E-state index contributed by atoms with van der Waals surface area (Å²) in [6, 6.07) is 0.828. The van der Waals surface area contributed by atoms with Crippen LogP contribution < -0.4 is 0 Å². The number of benzene rings is 1. The van der Waals surface area contributed by atoms with E-state index in [9.17, 15) is 18.7 Å². The average molecular weight is 290 g/mol. The van der Waals surface area contributed by atoms with E-state index in [-0.39, 0.29) is 10.0 Å². The van der Waals surface area contributed by atoms with Gasteiger partial charge in [-0.15, -0.1) is 0 Å². The van der Waals surface area contributed by atoms with Gasteiger partial charge in [-0.3, -0.25) is 0 Å². The quantitative estimate of drug-likeness (QED) is 0.517. The molecule has 1 fully saturated rings. The maximum Gasteiger partial charge on any atom is 0.235 e. The topological polar surface area (TPSA) is 49.7 Å². The first-order chi connectivity index (χ1) is 7.52. The van der Waals surface area contributed by atoms with E-state index in [0.717, 1.165) is 6.07 Å². The van der Waals surface area contributed by atoms with Gasteiger partial charge >= 0.3 is 0 Å². The van der Waals surface area contributed by atoms with Gasteiger partial charge in [0.2, 0.25) is 6.08 Å². The number of halogens is 3. The molecule has 1 aromatic carbocycles. The highest BCUT2D eigenvalue weighted by atomic mass is 79.9. The smallest absolute Gasteiger partial charge is 0.235 e. The second kappa shape index (κ2) is 3.64. The zero-order valence-corrected chi connectivity index (χ0v) is 9.51. The molecule has 0 aliphatic heterocycles. The Hall–Kier alpha value is -1.26. The maximum atomic E-state index is 13.6. The molecule has 1 N–H and O–H groups in total. The minimum absolute atomic E-state index is 0.0359. The lowest BCUT2D eigenvalue weighted by Crippen LogP contribution is -2.08. The summed E-state index contributed by atoms with van der Waals surface area (Å²) in [4.78, 5) is 13.7. The van der Waals surface area contributed by atoms with E-state index < -0.39 is 22.9 Å². The summed E-state index contributed by atoms with van der Waals surface area (Å²) in [5.74, 6) is -2.68. The predicted molar refractivity (Wildman–Crippen MR) is 54.8 cm³/mol. The van der Waals surface area contributed by atoms with Gasteiger partial charge in [0.05, 0.1) is 10.0 Å². The van der Waals surface area contributed by atoms with Crippen molar-refractivity contribution in [1.29, 1.82) is 0 Å². The average Bonchev–Trinajstić information content (AvgIpc) is 2.97. The predicted octanol–water partition coefficient (Wildman–Crippen LogP) is 2.76. The Morgan fingerprint density at radius 2 is 2.12 bits per heavy atom. The van der Waals surface area contributed by atoms with Crippen LogP contribution in [0.5, 0.6) is 5.75 Å². The van der Waals surface area contributed by atoms with Crippen LogP contribution in [0.3, 0.4) is 0 Å². The van der Waals surface area contributed by atoms with Gasteiger partial charge in [-0.05, 0) is 34.8 Å². The summed E-state index contributed by atoms with van der Waals surface area (Å²) >= 11 is 2.91. The van der Waals surface area contributed by atoms with Crippen LogP contribution in [-0.4, -0.2) is 11.2 Å². The third kappa shape index (κ3) is 1.54. The molecular formula is C10H6BrF2NO2. The zero-order chi connectivity index (χ0) is 11.9. The summed E-state index contributed by atoms with van der Waals surface area (Å²) in [6.45, 7) is 0. The van der Waals surface area contributed by atoms with Gasteiger partial charge in [0, 0.05) is 0 Å². The van der Waals surface area contributed by atoms with Gasteiger partial charge in [-0.2, -0.15) is 4.99 Å². The number of phenolic OH excluding ortho intramolecular Hbond substituents is 1. The van der Waals surface area contributed by atoms with Gasteiger partial charge in [-0.25, -0.2) is 13.6 Å². The highest BCUT2D eigenvalue weighted by Gasteiger charge is 2.49. The van der Waals surface area contributed by atoms with Gasteiger partial charge in [0.15, 0.2) is 11.6 Å². The van der Waals surface area contributed by atoms with Crippen molar-refractivity contribution in [3.05, 3.63) is 27.7 Å². The molecule has 0 unspecified atom stereocenters. The fourth-order valence-corrected chi connectivity index (χ4v) is 2.03. The first kappa shape index (κ1) is 11.2. The van der Waals surface area contributed by atoms with Crippen LogP contribution in [-0.2, 0) is 10.3 Å². The van der Waals surface area contributed by atoms with E-state index in [2.05, 4.69) is 20.9 Å². The highest BCUT2D eigenvalue weighted by Crippen LogP contribution is 2.54. The molecule has 3 nitrogen and oxygen atoms in total. The van der Waals surface area contributed by atoms with E-state index in [1.807, 2.05) is 0 Å². The molecule has 1 saturated carbocycles. The number of rotatable bonds is 2. The molecule has 84 valence electrons. The van der Waals surface area contributed by atoms with Crippen LogP contribution in [0.4, 0.5) is 8.78 Å². The number of phenols is 1. The molecule has 1 aliphatic rings. The molecule has 0 bridgehead atoms. The van der Waals surface area contributed by atoms with Crippen LogP contribution in [0.25, 0.3) is 0 Å². The number of isocyanates is 1. The third-order valence-electron chi connectivity index (χ3n) is 2.59. The normalized spacial score (nSPS) is 16.7. The van der Waals surface area contributed by atoms with E-state index in [0.29, 0.717) is 12.8 Å². The highest BCUT2D eigenvalue weighted by molar-refractivity contribution is 9.10. The molecule has 0 spiro atoms. The van der Waals surface area contributed by atoms with Crippen molar-refractivity contribution in [2.75, 3.05) is 0 Å². The molecule has 0 saturated heterocycles. The Bertz CT molecular complexity index is 482. The largest absolute Gasteiger partial charge is 0.506 e. The van der Waals surface area contributed by atoms with Crippen LogP contribution in [0, 0.1) is 11.6 Å². The van der Waals surface area contributed by atoms with Crippen molar-refractivity contribution in [3.63, 3.8) is 0 Å². The van der Waals surface area contributed by atoms with Crippen molar-refractivity contribution in [1.82, 2.24) is 0 Å². The van der Waals surface area contributed by atoms with E-state index in [4.69, 9.17) is 0 Å². The first-order valence-corrected chi connectivity index (χ1v) is 5.27. The van der Waals surface area contributed by atoms with Crippen molar-refractivity contribution in [2.45, 2.75) is 18.4 Å². The van der Waals surface area contributed by atoms with Gasteiger partial charge in [0.25, 0.3) is 0 Å². The second-order valence-corrected chi connectivity index (χ2v) is 4.47. The molecule has 1 aliphatic carbocycles. The van der Waals surface area contributed by atoms with E-state index in [1.54, 1.807) is 0 Å². The molecule has 0 heterocycles. The first-order valence-electron chi connectivity index (χ1n) is 4.48. The van der Waals surface area contributed by atoms with Crippen LogP contribution >= 0.6 is 15.9 Å². The van der Waals surface area contributed by atoms with Crippen LogP contribution in [0.1, 0.15) is 18.4 Å². The lowest BCUT2D eigenvalue weighted by molar-refractivity contribution is 0.424. The fourth-order valence-electron chi connectivity index (χ4n) is 1.63. The minimum Gasteiger partial charge on any atom is -0.506 e. The molecule has 0 atom stereocenters. The monoisotopic (exact) mass is 289 g/mol. The molecule has 1 aromatic rings. The molecule has 6 heteroatoms. The van der Waals surface area contributed by atoms with Crippen LogP contribution in [0.2, 0.25) is 0 Å². The Kier molecular flexibility index (Phi) is 2.56. The van der Waals surface area contributed by atoms with Crippen molar-refractivity contribution in [2.24, 2.45) is 4.99 Å². The maximum absolute atomic E-state index is 13.6. The number of hydrogen-bond donors (Lipinski definition) is 1. The summed E-state index contributed by atoms with van der Waals surface area (Å²) < 4.78 is 26.8. The van der Waals surface area contributed by atoms with Gasteiger partial charge in [-0.1, -0.05) is 0 Å². The Morgan fingerprint density at radius 3 is 2.62 bits per heavy atom. The molecule has 0 radical (unpaired) electrons. The van der Waals surface area contributed by atoms with E-state index >= 15 is 0 Å². The lowest BCUT2D eigenvalue weighted by atomic mass is 10.0. The number of carbonyl (C=O) groups excluding carboxylic acids is 1. The SMILES string of the molecule is O=C=NC1(c2c(O)c(Br)cc(F)c2F)CC1. The Balaban J connectivity index is 2.69. The lowest BCUT2D eigenvalue weighted by Gasteiger charge is -2.13. The molecule has 16 heavy (non-hydrogen) atoms. The number of aliphatic imine (C=N–C) groups is 1. The van der Waals surface area contributed by atoms with Crippen LogP contribution in [0.15, 0.2) is 15.5 Å². The Morgan fingerprint density at radius 1 is 1.50 bits per heavy atom. The molecule has 2 rings (SSSR count). The molecular weight excluding hydrogens is 284 g/mol. The van der Waals surface area contributed by atoms with Crippen molar-refractivity contribution >= 4 is 22.0 Å². The van der Waals surface area contributed by atoms with Gasteiger partial charge < -0.3 is 5.11 Å². The Labute approximate surface area is 97.9 Å². The second-order valence-electron chi connectivity index (χ2n) is 3.61. The van der Waals surface area contributed by atoms with Crippen molar-refractivity contribution < 1.29 is 18.7 Å². The number of aromatic hydroxyl groups is 1. The zero-order valence-electron chi connectivity index (χ0n) is 7.93. The minimum atomic E-state index is -1.17. The summed E-state index contributed by atoms with van der Waals surface area (Å²) in [5, 5.41) is 9.66. The standard InChI is InChI=1S/C10H6BrF2NO2/c11-5-3-6(12)8(13)7(9(5)16)10(1-2-10)14-4-15/h3,16H,1-2H2. The fraction of sp³-hybridized carbons (Fsp3) is 0.300. The molecule has 0 amide bonds. The van der Waals surface area contributed by atoms with E-state index in [1.165, 1.54) is 6.08 Å². The third-order valence-corrected chi connectivity index (χ3v) is 3.20. The summed E-state index contributed by atoms with van der Waals surface area (Å²) in [7, 11) is 0. The molecule has 0 aromatic heterocycles. The van der Waals surface area contributed by atoms with Gasteiger partial charge in [0.1, 0.15) is 11.3 Å². The summed E-state index contributed by atoms with van der Waals surface area (Å²) in [6.07, 6.45) is 2.10. The summed E-state index contributed by atoms with van der Waals surface area (Å²) in [5.41, 5.74) is -1.41. The van der Waals surface area contributed by atoms with Crippen molar-refractivity contribution in [3.8, 4) is 5.75 Å². The number of hydrogen-bond acceptors (Lipinski definition) is 3. The number of nitrogens with zero attached hydrogens (tertiary/aromatic N) is 1.